The maximum atomic E-state index is 6.23. The van der Waals surface area contributed by atoms with Gasteiger partial charge >= 0.3 is 0 Å². The van der Waals surface area contributed by atoms with Crippen LogP contribution in [0.15, 0.2) is 18.2 Å². The van der Waals surface area contributed by atoms with Crippen LogP contribution in [0, 0.1) is 0 Å². The van der Waals surface area contributed by atoms with Gasteiger partial charge in [0.25, 0.3) is 0 Å². The fourth-order valence-electron chi connectivity index (χ4n) is 2.28. The Morgan fingerprint density at radius 1 is 1.15 bits per heavy atom. The van der Waals surface area contributed by atoms with Crippen molar-refractivity contribution in [1.82, 2.24) is 0 Å². The third-order valence-electron chi connectivity index (χ3n) is 3.33. The van der Waals surface area contributed by atoms with E-state index in [0.717, 1.165) is 30.8 Å². The maximum absolute atomic E-state index is 6.23. The summed E-state index contributed by atoms with van der Waals surface area (Å²) in [6.07, 6.45) is 8.37. The Bertz CT molecular complexity index is 379. The molecule has 0 aliphatic rings. The Balaban J connectivity index is 2.38. The summed E-state index contributed by atoms with van der Waals surface area (Å²) in [4.78, 5) is 0. The van der Waals surface area contributed by atoms with Gasteiger partial charge in [0, 0.05) is 6.04 Å². The first-order chi connectivity index (χ1) is 9.65. The summed E-state index contributed by atoms with van der Waals surface area (Å²) in [6.45, 7) is 4.97. The summed E-state index contributed by atoms with van der Waals surface area (Å²) < 4.78 is 5.89. The molecule has 1 atom stereocenters. The van der Waals surface area contributed by atoms with Gasteiger partial charge in [0.2, 0.25) is 0 Å². The van der Waals surface area contributed by atoms with Crippen LogP contribution in [0.5, 0.6) is 5.75 Å². The predicted octanol–water partition coefficient (Wildman–Crippen LogP) is 4.97. The van der Waals surface area contributed by atoms with Crippen molar-refractivity contribution >= 4 is 11.6 Å². The Hall–Kier alpha value is -0.730. The van der Waals surface area contributed by atoms with Crippen LogP contribution in [0.2, 0.25) is 5.02 Å². The Morgan fingerprint density at radius 2 is 1.85 bits per heavy atom. The van der Waals surface area contributed by atoms with Gasteiger partial charge in [-0.15, -0.1) is 0 Å². The van der Waals surface area contributed by atoms with E-state index in [-0.39, 0.29) is 6.04 Å². The number of nitrogens with two attached hydrogens (primary N) is 1. The predicted molar refractivity (Wildman–Crippen MR) is 87.7 cm³/mol. The lowest BCUT2D eigenvalue weighted by Crippen LogP contribution is -2.18. The molecular formula is C17H28ClNO. The Morgan fingerprint density at radius 3 is 2.55 bits per heavy atom. The highest BCUT2D eigenvalue weighted by Gasteiger charge is 2.09. The van der Waals surface area contributed by atoms with Crippen molar-refractivity contribution in [2.75, 3.05) is 6.61 Å². The van der Waals surface area contributed by atoms with E-state index in [2.05, 4.69) is 6.92 Å². The molecule has 0 aliphatic heterocycles. The van der Waals surface area contributed by atoms with Gasteiger partial charge in [-0.25, -0.2) is 0 Å². The molecule has 3 heteroatoms. The Kier molecular flexibility index (Phi) is 8.72. The highest BCUT2D eigenvalue weighted by molar-refractivity contribution is 6.32. The first-order valence-electron chi connectivity index (χ1n) is 7.81. The first kappa shape index (κ1) is 17.3. The van der Waals surface area contributed by atoms with Crippen LogP contribution in [0.25, 0.3) is 0 Å². The van der Waals surface area contributed by atoms with Gasteiger partial charge in [0.05, 0.1) is 11.6 Å². The molecule has 0 aliphatic carbocycles. The molecule has 1 unspecified atom stereocenters. The largest absolute Gasteiger partial charge is 0.492 e. The van der Waals surface area contributed by atoms with E-state index in [1.807, 2.05) is 25.1 Å². The molecule has 0 radical (unpaired) electrons. The van der Waals surface area contributed by atoms with Gasteiger partial charge < -0.3 is 10.5 Å². The highest BCUT2D eigenvalue weighted by Crippen LogP contribution is 2.29. The topological polar surface area (TPSA) is 35.2 Å². The van der Waals surface area contributed by atoms with Crippen LogP contribution in [-0.2, 0) is 6.42 Å². The number of hydrogen-bond acceptors (Lipinski definition) is 2. The second-order valence-corrected chi connectivity index (χ2v) is 5.93. The molecule has 0 amide bonds. The van der Waals surface area contributed by atoms with Crippen molar-refractivity contribution in [3.63, 3.8) is 0 Å². The SMILES string of the molecule is CCCCCCCCOc1c(Cl)cccc1CC(C)N. The summed E-state index contributed by atoms with van der Waals surface area (Å²) in [7, 11) is 0. The van der Waals surface area contributed by atoms with Crippen LogP contribution in [0.4, 0.5) is 0 Å². The fraction of sp³-hybridized carbons (Fsp3) is 0.647. The van der Waals surface area contributed by atoms with E-state index in [0.29, 0.717) is 5.02 Å². The second-order valence-electron chi connectivity index (χ2n) is 5.53. The lowest BCUT2D eigenvalue weighted by Gasteiger charge is -2.14. The lowest BCUT2D eigenvalue weighted by atomic mass is 10.1. The molecule has 0 bridgehead atoms. The number of rotatable bonds is 10. The third-order valence-corrected chi connectivity index (χ3v) is 3.63. The molecule has 0 fully saturated rings. The molecule has 20 heavy (non-hydrogen) atoms. The van der Waals surface area contributed by atoms with E-state index < -0.39 is 0 Å². The summed E-state index contributed by atoms with van der Waals surface area (Å²) in [5.41, 5.74) is 6.98. The van der Waals surface area contributed by atoms with Gasteiger partial charge in [-0.1, -0.05) is 62.8 Å². The Labute approximate surface area is 128 Å². The van der Waals surface area contributed by atoms with E-state index in [1.54, 1.807) is 0 Å². The number of hydrogen-bond donors (Lipinski definition) is 1. The van der Waals surface area contributed by atoms with E-state index in [9.17, 15) is 0 Å². The smallest absolute Gasteiger partial charge is 0.141 e. The van der Waals surface area contributed by atoms with Crippen molar-refractivity contribution < 1.29 is 4.74 Å². The van der Waals surface area contributed by atoms with Crippen LogP contribution in [0.1, 0.15) is 57.9 Å². The van der Waals surface area contributed by atoms with Crippen molar-refractivity contribution in [2.45, 2.75) is 64.8 Å². The summed E-state index contributed by atoms with van der Waals surface area (Å²) in [6, 6.07) is 6.00. The zero-order valence-electron chi connectivity index (χ0n) is 12.8. The minimum Gasteiger partial charge on any atom is -0.492 e. The first-order valence-corrected chi connectivity index (χ1v) is 8.18. The van der Waals surface area contributed by atoms with Crippen LogP contribution in [0.3, 0.4) is 0 Å². The molecule has 2 N–H and O–H groups in total. The van der Waals surface area contributed by atoms with Crippen molar-refractivity contribution in [2.24, 2.45) is 5.73 Å². The molecular weight excluding hydrogens is 270 g/mol. The van der Waals surface area contributed by atoms with Gasteiger partial charge in [0.15, 0.2) is 0 Å². The lowest BCUT2D eigenvalue weighted by molar-refractivity contribution is 0.301. The van der Waals surface area contributed by atoms with Gasteiger partial charge in [-0.2, -0.15) is 0 Å². The van der Waals surface area contributed by atoms with E-state index >= 15 is 0 Å². The fourth-order valence-corrected chi connectivity index (χ4v) is 2.53. The van der Waals surface area contributed by atoms with Gasteiger partial charge in [0.1, 0.15) is 5.75 Å². The van der Waals surface area contributed by atoms with Crippen LogP contribution < -0.4 is 10.5 Å². The molecule has 0 heterocycles. The highest BCUT2D eigenvalue weighted by atomic mass is 35.5. The molecule has 0 aromatic heterocycles. The molecule has 1 rings (SSSR count). The summed E-state index contributed by atoms with van der Waals surface area (Å²) >= 11 is 6.23. The van der Waals surface area contributed by atoms with Gasteiger partial charge in [-0.05, 0) is 31.4 Å². The number of halogens is 1. The quantitative estimate of drug-likeness (QED) is 0.619. The number of ether oxygens (including phenoxy) is 1. The minimum atomic E-state index is 0.116. The average molecular weight is 298 g/mol. The van der Waals surface area contributed by atoms with Crippen molar-refractivity contribution in [3.8, 4) is 5.75 Å². The summed E-state index contributed by atoms with van der Waals surface area (Å²) in [5.74, 6) is 0.819. The van der Waals surface area contributed by atoms with Crippen molar-refractivity contribution in [1.29, 1.82) is 0 Å². The average Bonchev–Trinajstić information content (AvgIpc) is 2.40. The standard InChI is InChI=1S/C17H28ClNO/c1-3-4-5-6-7-8-12-20-17-15(13-14(2)19)10-9-11-16(17)18/h9-11,14H,3-8,12-13,19H2,1-2H3. The van der Waals surface area contributed by atoms with E-state index in [1.165, 1.54) is 32.1 Å². The number of benzene rings is 1. The van der Waals surface area contributed by atoms with E-state index in [4.69, 9.17) is 22.1 Å². The number of unbranched alkanes of at least 4 members (excludes halogenated alkanes) is 5. The number of para-hydroxylation sites is 1. The molecule has 1 aromatic carbocycles. The zero-order valence-corrected chi connectivity index (χ0v) is 13.6. The monoisotopic (exact) mass is 297 g/mol. The molecule has 2 nitrogen and oxygen atoms in total. The molecule has 1 aromatic rings. The van der Waals surface area contributed by atoms with Crippen LogP contribution >= 0.6 is 11.6 Å². The molecule has 0 saturated carbocycles. The minimum absolute atomic E-state index is 0.116. The zero-order chi connectivity index (χ0) is 14.8. The van der Waals surface area contributed by atoms with Gasteiger partial charge in [-0.3, -0.25) is 0 Å². The normalized spacial score (nSPS) is 12.4. The second kappa shape index (κ2) is 10.1. The third kappa shape index (κ3) is 6.62. The summed E-state index contributed by atoms with van der Waals surface area (Å²) in [5, 5.41) is 0.689. The molecule has 0 saturated heterocycles. The molecule has 114 valence electrons. The molecule has 0 spiro atoms. The van der Waals surface area contributed by atoms with Crippen molar-refractivity contribution in [3.05, 3.63) is 28.8 Å². The maximum Gasteiger partial charge on any atom is 0.141 e. The van der Waals surface area contributed by atoms with Crippen LogP contribution in [-0.4, -0.2) is 12.6 Å².